The van der Waals surface area contributed by atoms with Crippen molar-refractivity contribution in [2.45, 2.75) is 45.8 Å². The zero-order valence-electron chi connectivity index (χ0n) is 16.4. The minimum atomic E-state index is -3.47. The minimum Gasteiger partial charge on any atom is -0.392 e. The Morgan fingerprint density at radius 1 is 1.30 bits per heavy atom. The molecule has 0 unspecified atom stereocenters. The first-order chi connectivity index (χ1) is 12.8. The highest BCUT2D eigenvalue weighted by atomic mass is 32.2. The Hall–Kier alpha value is -1.64. The van der Waals surface area contributed by atoms with Crippen molar-refractivity contribution in [2.75, 3.05) is 36.7 Å². The van der Waals surface area contributed by atoms with Crippen LogP contribution in [0.5, 0.6) is 0 Å². The molecule has 1 saturated heterocycles. The van der Waals surface area contributed by atoms with Gasteiger partial charge in [-0.15, -0.1) is 0 Å². The fraction of sp³-hybridized carbons (Fsp3) is 0.632. The number of amides is 1. The molecule has 0 bridgehead atoms. The van der Waals surface area contributed by atoms with Crippen LogP contribution in [0, 0.1) is 0 Å². The second-order valence-corrected chi connectivity index (χ2v) is 8.97. The van der Waals surface area contributed by atoms with Gasteiger partial charge in [-0.25, -0.2) is 8.42 Å². The highest BCUT2D eigenvalue weighted by molar-refractivity contribution is 7.92. The summed E-state index contributed by atoms with van der Waals surface area (Å²) in [6.45, 7) is 8.04. The van der Waals surface area contributed by atoms with Gasteiger partial charge in [-0.3, -0.25) is 14.4 Å². The molecule has 1 aliphatic rings. The monoisotopic (exact) mass is 397 g/mol. The van der Waals surface area contributed by atoms with Crippen LogP contribution in [0.25, 0.3) is 0 Å². The average molecular weight is 398 g/mol. The van der Waals surface area contributed by atoms with Gasteiger partial charge < -0.3 is 10.0 Å². The molecule has 0 radical (unpaired) electrons. The van der Waals surface area contributed by atoms with Gasteiger partial charge >= 0.3 is 0 Å². The topological polar surface area (TPSA) is 90.0 Å². The molecule has 1 aromatic rings. The maximum atomic E-state index is 13.1. The van der Waals surface area contributed by atoms with Gasteiger partial charge in [0.25, 0.3) is 5.91 Å². The Labute approximate surface area is 162 Å². The Bertz CT molecular complexity index is 736. The number of piperazine rings is 1. The molecule has 2 N–H and O–H groups in total. The minimum absolute atomic E-state index is 0.0193. The standard InChI is InChI=1S/C19H31N3O4S/c1-4-12-27(25,26)20-18-9-7-6-8-17(18)19(24)22-11-10-21(13-15(3)23)16(5-2)14-22/h6-9,15-16,20,23H,4-5,10-14H2,1-3H3/t15-,16+/m1/s1. The molecule has 1 aromatic carbocycles. The summed E-state index contributed by atoms with van der Waals surface area (Å²) in [5.74, 6) is -0.147. The largest absolute Gasteiger partial charge is 0.392 e. The normalized spacial score (nSPS) is 19.7. The predicted molar refractivity (Wildman–Crippen MR) is 107 cm³/mol. The predicted octanol–water partition coefficient (Wildman–Crippen LogP) is 1.76. The van der Waals surface area contributed by atoms with Gasteiger partial charge in [0.2, 0.25) is 10.0 Å². The number of aliphatic hydroxyl groups excluding tert-OH is 1. The highest BCUT2D eigenvalue weighted by Gasteiger charge is 2.30. The second-order valence-electron chi connectivity index (χ2n) is 7.12. The number of aliphatic hydroxyl groups is 1. The van der Waals surface area contributed by atoms with E-state index in [1.165, 1.54) is 0 Å². The number of β-amino-alcohol motifs (C(OH)–C–C–N with tert-alkyl or cyclic N) is 1. The van der Waals surface area contributed by atoms with E-state index < -0.39 is 16.1 Å². The lowest BCUT2D eigenvalue weighted by Gasteiger charge is -2.41. The van der Waals surface area contributed by atoms with E-state index in [0.717, 1.165) is 6.42 Å². The SMILES string of the molecule is CCCS(=O)(=O)Nc1ccccc1C(=O)N1CCN(C[C@@H](C)O)[C@@H](CC)C1. The van der Waals surface area contributed by atoms with E-state index in [0.29, 0.717) is 43.9 Å². The first-order valence-corrected chi connectivity index (χ1v) is 11.2. The third kappa shape index (κ3) is 5.92. The Morgan fingerprint density at radius 2 is 2.00 bits per heavy atom. The third-order valence-electron chi connectivity index (χ3n) is 4.76. The fourth-order valence-electron chi connectivity index (χ4n) is 3.46. The second kappa shape index (κ2) is 9.52. The van der Waals surface area contributed by atoms with Crippen molar-refractivity contribution >= 4 is 21.6 Å². The van der Waals surface area contributed by atoms with Gasteiger partial charge in [0, 0.05) is 32.2 Å². The molecule has 27 heavy (non-hydrogen) atoms. The lowest BCUT2D eigenvalue weighted by molar-refractivity contribution is 0.0310. The van der Waals surface area contributed by atoms with Crippen molar-refractivity contribution in [3.63, 3.8) is 0 Å². The molecule has 7 nitrogen and oxygen atoms in total. The molecule has 1 aliphatic heterocycles. The van der Waals surface area contributed by atoms with Crippen molar-refractivity contribution in [3.8, 4) is 0 Å². The van der Waals surface area contributed by atoms with E-state index in [9.17, 15) is 18.3 Å². The molecule has 1 fully saturated rings. The van der Waals surface area contributed by atoms with Crippen molar-refractivity contribution in [2.24, 2.45) is 0 Å². The number of hydrogen-bond acceptors (Lipinski definition) is 5. The molecule has 1 amide bonds. The summed E-state index contributed by atoms with van der Waals surface area (Å²) in [7, 11) is -3.47. The first-order valence-electron chi connectivity index (χ1n) is 9.58. The van der Waals surface area contributed by atoms with Gasteiger partial charge in [0.1, 0.15) is 0 Å². The van der Waals surface area contributed by atoms with Crippen molar-refractivity contribution in [3.05, 3.63) is 29.8 Å². The zero-order chi connectivity index (χ0) is 20.0. The number of rotatable bonds is 8. The van der Waals surface area contributed by atoms with Gasteiger partial charge in [0.15, 0.2) is 0 Å². The number of benzene rings is 1. The molecule has 2 rings (SSSR count). The van der Waals surface area contributed by atoms with Gasteiger partial charge in [0.05, 0.1) is 23.1 Å². The highest BCUT2D eigenvalue weighted by Crippen LogP contribution is 2.22. The smallest absolute Gasteiger partial charge is 0.256 e. The summed E-state index contributed by atoms with van der Waals surface area (Å²) >= 11 is 0. The molecular weight excluding hydrogens is 366 g/mol. The summed E-state index contributed by atoms with van der Waals surface area (Å²) in [4.78, 5) is 17.1. The van der Waals surface area contributed by atoms with Crippen LogP contribution in [0.2, 0.25) is 0 Å². The maximum absolute atomic E-state index is 13.1. The summed E-state index contributed by atoms with van der Waals surface area (Å²) in [5, 5.41) is 9.67. The van der Waals surface area contributed by atoms with Gasteiger partial charge in [-0.1, -0.05) is 26.0 Å². The van der Waals surface area contributed by atoms with Gasteiger partial charge in [-0.05, 0) is 31.9 Å². The molecule has 0 aliphatic carbocycles. The molecule has 2 atom stereocenters. The van der Waals surface area contributed by atoms with E-state index in [1.54, 1.807) is 43.0 Å². The molecule has 8 heteroatoms. The van der Waals surface area contributed by atoms with Crippen molar-refractivity contribution in [1.29, 1.82) is 0 Å². The summed E-state index contributed by atoms with van der Waals surface area (Å²) < 4.78 is 26.8. The number of hydrogen-bond donors (Lipinski definition) is 2. The van der Waals surface area contributed by atoms with Gasteiger partial charge in [-0.2, -0.15) is 0 Å². The number of carbonyl (C=O) groups excluding carboxylic acids is 1. The van der Waals surface area contributed by atoms with Crippen LogP contribution in [0.3, 0.4) is 0 Å². The quantitative estimate of drug-likeness (QED) is 0.698. The maximum Gasteiger partial charge on any atom is 0.256 e. The average Bonchev–Trinajstić information content (AvgIpc) is 2.61. The van der Waals surface area contributed by atoms with E-state index in [1.807, 2.05) is 0 Å². The lowest BCUT2D eigenvalue weighted by atomic mass is 10.1. The number of nitrogens with zero attached hydrogens (tertiary/aromatic N) is 2. The Balaban J connectivity index is 2.16. The fourth-order valence-corrected chi connectivity index (χ4v) is 4.61. The first kappa shape index (κ1) is 21.7. The number of nitrogens with one attached hydrogen (secondary N) is 1. The van der Waals surface area contributed by atoms with E-state index in [-0.39, 0.29) is 17.7 Å². The molecule has 1 heterocycles. The number of carbonyl (C=O) groups is 1. The summed E-state index contributed by atoms with van der Waals surface area (Å²) in [5.41, 5.74) is 0.700. The van der Waals surface area contributed by atoms with E-state index in [2.05, 4.69) is 16.5 Å². The van der Waals surface area contributed by atoms with Crippen LogP contribution in [0.4, 0.5) is 5.69 Å². The lowest BCUT2D eigenvalue weighted by Crippen LogP contribution is -2.55. The molecule has 0 saturated carbocycles. The van der Waals surface area contributed by atoms with Crippen LogP contribution in [-0.4, -0.2) is 73.3 Å². The van der Waals surface area contributed by atoms with Crippen molar-refractivity contribution in [1.82, 2.24) is 9.80 Å². The number of anilines is 1. The molecule has 0 spiro atoms. The number of para-hydroxylation sites is 1. The van der Waals surface area contributed by atoms with Crippen LogP contribution in [0.15, 0.2) is 24.3 Å². The van der Waals surface area contributed by atoms with Crippen LogP contribution in [0.1, 0.15) is 44.0 Å². The van der Waals surface area contributed by atoms with E-state index >= 15 is 0 Å². The van der Waals surface area contributed by atoms with Crippen LogP contribution >= 0.6 is 0 Å². The summed E-state index contributed by atoms with van der Waals surface area (Å²) in [6.07, 6.45) is 0.978. The zero-order valence-corrected chi connectivity index (χ0v) is 17.2. The Kier molecular flexibility index (Phi) is 7.64. The van der Waals surface area contributed by atoms with E-state index in [4.69, 9.17) is 0 Å². The Morgan fingerprint density at radius 3 is 2.63 bits per heavy atom. The number of sulfonamides is 1. The van der Waals surface area contributed by atoms with Crippen LogP contribution in [-0.2, 0) is 10.0 Å². The molecule has 0 aromatic heterocycles. The van der Waals surface area contributed by atoms with Crippen molar-refractivity contribution < 1.29 is 18.3 Å². The molecule has 152 valence electrons. The summed E-state index contributed by atoms with van der Waals surface area (Å²) in [6, 6.07) is 6.93. The van der Waals surface area contributed by atoms with Crippen LogP contribution < -0.4 is 4.72 Å². The molecular formula is C19H31N3O4S. The third-order valence-corrected chi connectivity index (χ3v) is 6.23.